The molecule has 0 aliphatic heterocycles. The van der Waals surface area contributed by atoms with Crippen LogP contribution in [0.15, 0.2) is 28.0 Å². The molecule has 0 bridgehead atoms. The Morgan fingerprint density at radius 3 is 2.84 bits per heavy atom. The van der Waals surface area contributed by atoms with Crippen LogP contribution in [0, 0.1) is 5.41 Å². The summed E-state index contributed by atoms with van der Waals surface area (Å²) in [5.41, 5.74) is 5.41. The second kappa shape index (κ2) is 7.84. The van der Waals surface area contributed by atoms with Crippen molar-refractivity contribution in [2.75, 3.05) is 13.1 Å². The average molecular weight is 267 g/mol. The molecule has 1 rings (SSSR count). The quantitative estimate of drug-likeness (QED) is 0.211. The van der Waals surface area contributed by atoms with Crippen molar-refractivity contribution in [2.24, 2.45) is 16.3 Å². The minimum Gasteiger partial charge on any atom is -0.469 e. The van der Waals surface area contributed by atoms with Gasteiger partial charge in [-0.05, 0) is 31.5 Å². The summed E-state index contributed by atoms with van der Waals surface area (Å²) in [7, 11) is 0. The van der Waals surface area contributed by atoms with Crippen LogP contribution in [-0.2, 0) is 6.42 Å². The van der Waals surface area contributed by atoms with Gasteiger partial charge in [0.05, 0.1) is 6.26 Å². The molecule has 0 unspecified atom stereocenters. The Morgan fingerprint density at radius 1 is 1.42 bits per heavy atom. The summed E-state index contributed by atoms with van der Waals surface area (Å²) >= 11 is 0. The van der Waals surface area contributed by atoms with Gasteiger partial charge in [-0.3, -0.25) is 0 Å². The number of furan rings is 1. The first kappa shape index (κ1) is 15.6. The van der Waals surface area contributed by atoms with E-state index in [1.165, 1.54) is 0 Å². The Bertz CT molecular complexity index is 372. The number of oxime groups is 1. The van der Waals surface area contributed by atoms with Gasteiger partial charge < -0.3 is 20.7 Å². The van der Waals surface area contributed by atoms with Gasteiger partial charge >= 0.3 is 0 Å². The smallest absolute Gasteiger partial charge is 0.144 e. The number of nitrogens with two attached hydrogens (primary N) is 1. The molecule has 5 nitrogen and oxygen atoms in total. The Kier molecular flexibility index (Phi) is 6.42. The number of nitrogens with one attached hydrogen (secondary N) is 1. The molecule has 0 atom stereocenters. The minimum absolute atomic E-state index is 0.233. The van der Waals surface area contributed by atoms with Crippen LogP contribution in [0.3, 0.4) is 0 Å². The van der Waals surface area contributed by atoms with E-state index in [9.17, 15) is 0 Å². The molecule has 0 aliphatic rings. The van der Waals surface area contributed by atoms with Crippen LogP contribution in [0.2, 0.25) is 0 Å². The van der Waals surface area contributed by atoms with Crippen molar-refractivity contribution >= 4 is 5.84 Å². The first-order valence-electron chi connectivity index (χ1n) is 6.77. The molecule has 0 saturated carbocycles. The first-order valence-corrected chi connectivity index (χ1v) is 6.77. The van der Waals surface area contributed by atoms with Gasteiger partial charge in [0.2, 0.25) is 0 Å². The Hall–Kier alpha value is -1.49. The molecule has 108 valence electrons. The Balaban J connectivity index is 2.02. The fraction of sp³-hybridized carbons (Fsp3) is 0.643. The van der Waals surface area contributed by atoms with Crippen molar-refractivity contribution in [1.82, 2.24) is 5.32 Å². The van der Waals surface area contributed by atoms with Gasteiger partial charge in [0, 0.05) is 18.4 Å². The van der Waals surface area contributed by atoms with E-state index in [1.807, 2.05) is 26.0 Å². The van der Waals surface area contributed by atoms with Crippen LogP contribution in [0.1, 0.15) is 38.9 Å². The maximum Gasteiger partial charge on any atom is 0.144 e. The average Bonchev–Trinajstić information content (AvgIpc) is 2.89. The lowest BCUT2D eigenvalue weighted by atomic mass is 9.86. The van der Waals surface area contributed by atoms with Gasteiger partial charge in [0.25, 0.3) is 0 Å². The molecule has 1 aromatic rings. The molecule has 1 heterocycles. The SMILES string of the molecule is CC(C)(CCCCNCCc1ccco1)/C(N)=N/O. The third-order valence-corrected chi connectivity index (χ3v) is 3.33. The van der Waals surface area contributed by atoms with E-state index >= 15 is 0 Å². The molecule has 0 aliphatic carbocycles. The van der Waals surface area contributed by atoms with Gasteiger partial charge in [-0.25, -0.2) is 0 Å². The van der Waals surface area contributed by atoms with E-state index in [2.05, 4.69) is 10.5 Å². The Morgan fingerprint density at radius 2 is 2.21 bits per heavy atom. The van der Waals surface area contributed by atoms with Crippen molar-refractivity contribution in [1.29, 1.82) is 0 Å². The zero-order valence-electron chi connectivity index (χ0n) is 11.9. The van der Waals surface area contributed by atoms with Gasteiger partial charge in [-0.1, -0.05) is 25.4 Å². The second-order valence-electron chi connectivity index (χ2n) is 5.41. The van der Waals surface area contributed by atoms with E-state index in [4.69, 9.17) is 15.4 Å². The number of nitrogens with zero attached hydrogens (tertiary/aromatic N) is 1. The summed E-state index contributed by atoms with van der Waals surface area (Å²) in [6, 6.07) is 3.89. The number of unbranched alkanes of at least 4 members (excludes halogenated alkanes) is 1. The zero-order valence-corrected chi connectivity index (χ0v) is 11.9. The highest BCUT2D eigenvalue weighted by molar-refractivity contribution is 5.85. The largest absolute Gasteiger partial charge is 0.469 e. The van der Waals surface area contributed by atoms with Crippen LogP contribution in [0.25, 0.3) is 0 Å². The molecule has 5 heteroatoms. The van der Waals surface area contributed by atoms with Crippen molar-refractivity contribution in [3.63, 3.8) is 0 Å². The third-order valence-electron chi connectivity index (χ3n) is 3.33. The molecule has 0 spiro atoms. The monoisotopic (exact) mass is 267 g/mol. The summed E-state index contributed by atoms with van der Waals surface area (Å²) < 4.78 is 5.25. The van der Waals surface area contributed by atoms with Crippen molar-refractivity contribution in [3.8, 4) is 0 Å². The highest BCUT2D eigenvalue weighted by Crippen LogP contribution is 2.22. The van der Waals surface area contributed by atoms with Gasteiger partial charge in [-0.2, -0.15) is 0 Å². The predicted molar refractivity (Wildman–Crippen MR) is 76.3 cm³/mol. The molecule has 19 heavy (non-hydrogen) atoms. The molecule has 4 N–H and O–H groups in total. The maximum absolute atomic E-state index is 8.68. The minimum atomic E-state index is -0.233. The first-order chi connectivity index (χ1) is 9.06. The third kappa shape index (κ3) is 5.79. The van der Waals surface area contributed by atoms with Crippen molar-refractivity contribution in [2.45, 2.75) is 39.5 Å². The Labute approximate surface area is 114 Å². The molecule has 0 saturated heterocycles. The molecule has 0 fully saturated rings. The van der Waals surface area contributed by atoms with Gasteiger partial charge in [0.1, 0.15) is 11.6 Å². The van der Waals surface area contributed by atoms with Crippen molar-refractivity contribution in [3.05, 3.63) is 24.2 Å². The number of hydrogen-bond acceptors (Lipinski definition) is 4. The fourth-order valence-electron chi connectivity index (χ4n) is 1.87. The number of rotatable bonds is 9. The lowest BCUT2D eigenvalue weighted by molar-refractivity contribution is 0.304. The molecular formula is C14H25N3O2. The number of amidine groups is 1. The topological polar surface area (TPSA) is 83.8 Å². The van der Waals surface area contributed by atoms with Crippen LogP contribution >= 0.6 is 0 Å². The molecule has 1 aromatic heterocycles. The zero-order chi connectivity index (χ0) is 14.1. The van der Waals surface area contributed by atoms with Crippen molar-refractivity contribution < 1.29 is 9.62 Å². The van der Waals surface area contributed by atoms with Crippen LogP contribution in [0.4, 0.5) is 0 Å². The van der Waals surface area contributed by atoms with E-state index < -0.39 is 0 Å². The highest BCUT2D eigenvalue weighted by Gasteiger charge is 2.22. The molecule has 0 radical (unpaired) electrons. The van der Waals surface area contributed by atoms with E-state index in [-0.39, 0.29) is 5.41 Å². The molecule has 0 aromatic carbocycles. The summed E-state index contributed by atoms with van der Waals surface area (Å²) in [4.78, 5) is 0. The number of hydrogen-bond donors (Lipinski definition) is 3. The van der Waals surface area contributed by atoms with Gasteiger partial charge in [0.15, 0.2) is 0 Å². The summed E-state index contributed by atoms with van der Waals surface area (Å²) in [5, 5.41) is 15.1. The van der Waals surface area contributed by atoms with E-state index in [0.29, 0.717) is 5.84 Å². The predicted octanol–water partition coefficient (Wildman–Crippen LogP) is 2.35. The summed E-state index contributed by atoms with van der Waals surface area (Å²) in [5.74, 6) is 1.32. The lowest BCUT2D eigenvalue weighted by Gasteiger charge is -2.22. The molecule has 0 amide bonds. The highest BCUT2D eigenvalue weighted by atomic mass is 16.4. The summed E-state index contributed by atoms with van der Waals surface area (Å²) in [6.45, 7) is 5.89. The lowest BCUT2D eigenvalue weighted by Crippen LogP contribution is -2.32. The van der Waals surface area contributed by atoms with Crippen LogP contribution in [0.5, 0.6) is 0 Å². The second-order valence-corrected chi connectivity index (χ2v) is 5.41. The maximum atomic E-state index is 8.68. The normalized spacial score (nSPS) is 12.8. The van der Waals surface area contributed by atoms with E-state index in [1.54, 1.807) is 6.26 Å². The fourth-order valence-corrected chi connectivity index (χ4v) is 1.87. The molecular weight excluding hydrogens is 242 g/mol. The van der Waals surface area contributed by atoms with Crippen LogP contribution in [-0.4, -0.2) is 24.1 Å². The summed E-state index contributed by atoms with van der Waals surface area (Å²) in [6.07, 6.45) is 5.67. The van der Waals surface area contributed by atoms with Crippen LogP contribution < -0.4 is 11.1 Å². The van der Waals surface area contributed by atoms with Gasteiger partial charge in [-0.15, -0.1) is 0 Å². The standard InChI is InChI=1S/C14H25N3O2/c1-14(2,13(15)17-18)8-3-4-9-16-10-7-12-6-5-11-19-12/h5-6,11,16,18H,3-4,7-10H2,1-2H3,(H2,15,17). The van der Waals surface area contributed by atoms with E-state index in [0.717, 1.165) is 44.5 Å².